The van der Waals surface area contributed by atoms with Crippen molar-refractivity contribution in [2.75, 3.05) is 13.6 Å². The number of nitrogens with two attached hydrogens (primary N) is 1. The predicted octanol–water partition coefficient (Wildman–Crippen LogP) is 1.85. The van der Waals surface area contributed by atoms with Crippen LogP contribution in [0, 0.1) is 5.92 Å². The molecule has 5 heteroatoms. The van der Waals surface area contributed by atoms with Crippen molar-refractivity contribution in [3.05, 3.63) is 28.8 Å². The lowest BCUT2D eigenvalue weighted by Crippen LogP contribution is -2.43. The monoisotopic (exact) mass is 268 g/mol. The molecule has 3 N–H and O–H groups in total. The van der Waals surface area contributed by atoms with E-state index in [2.05, 4.69) is 0 Å². The maximum atomic E-state index is 12.3. The minimum absolute atomic E-state index is 0.0487. The topological polar surface area (TPSA) is 66.6 Å². The number of carbonyl (C=O) groups is 1. The van der Waals surface area contributed by atoms with Crippen LogP contribution in [0.3, 0.4) is 0 Å². The third-order valence-electron chi connectivity index (χ3n) is 3.42. The molecule has 1 unspecified atom stereocenters. The summed E-state index contributed by atoms with van der Waals surface area (Å²) in [7, 11) is 1.73. The molecule has 1 atom stereocenters. The van der Waals surface area contributed by atoms with Crippen LogP contribution in [0.15, 0.2) is 18.2 Å². The Morgan fingerprint density at radius 3 is 2.78 bits per heavy atom. The van der Waals surface area contributed by atoms with E-state index in [1.807, 2.05) is 0 Å². The van der Waals surface area contributed by atoms with Crippen molar-refractivity contribution in [1.29, 1.82) is 0 Å². The average molecular weight is 269 g/mol. The number of nitrogens with zero attached hydrogens (tertiary/aromatic N) is 1. The lowest BCUT2D eigenvalue weighted by atomic mass is 10.1. The van der Waals surface area contributed by atoms with Crippen LogP contribution < -0.4 is 5.73 Å². The second kappa shape index (κ2) is 5.16. The fourth-order valence-electron chi connectivity index (χ4n) is 2.17. The maximum absolute atomic E-state index is 12.3. The molecular weight excluding hydrogens is 252 g/mol. The molecule has 1 amide bonds. The molecule has 1 fully saturated rings. The number of likely N-dealkylation sites (N-methyl/N-ethyl adjacent to an activating group) is 1. The first kappa shape index (κ1) is 13.2. The summed E-state index contributed by atoms with van der Waals surface area (Å²) in [6.07, 6.45) is 2.23. The molecular formula is C13H17ClN2O2. The molecule has 1 saturated carbocycles. The minimum atomic E-state index is -0.216. The number of hydrogen-bond acceptors (Lipinski definition) is 3. The lowest BCUT2D eigenvalue weighted by Gasteiger charge is -2.27. The van der Waals surface area contributed by atoms with Crippen LogP contribution in [-0.2, 0) is 0 Å². The van der Waals surface area contributed by atoms with Crippen molar-refractivity contribution in [2.24, 2.45) is 11.7 Å². The summed E-state index contributed by atoms with van der Waals surface area (Å²) < 4.78 is 0. The maximum Gasteiger partial charge on any atom is 0.257 e. The van der Waals surface area contributed by atoms with Gasteiger partial charge in [0, 0.05) is 24.7 Å². The Morgan fingerprint density at radius 2 is 2.28 bits per heavy atom. The Hall–Kier alpha value is -1.26. The first-order chi connectivity index (χ1) is 8.54. The zero-order chi connectivity index (χ0) is 13.3. The normalized spacial score (nSPS) is 16.4. The predicted molar refractivity (Wildman–Crippen MR) is 70.8 cm³/mol. The van der Waals surface area contributed by atoms with Gasteiger partial charge in [-0.25, -0.2) is 0 Å². The summed E-state index contributed by atoms with van der Waals surface area (Å²) >= 11 is 5.75. The zero-order valence-electron chi connectivity index (χ0n) is 10.3. The summed E-state index contributed by atoms with van der Waals surface area (Å²) in [5, 5.41) is 10.2. The van der Waals surface area contributed by atoms with Crippen molar-refractivity contribution in [1.82, 2.24) is 4.90 Å². The van der Waals surface area contributed by atoms with E-state index in [4.69, 9.17) is 17.3 Å². The molecule has 0 bridgehead atoms. The van der Waals surface area contributed by atoms with Crippen molar-refractivity contribution in [3.8, 4) is 5.75 Å². The molecule has 1 aliphatic rings. The summed E-state index contributed by atoms with van der Waals surface area (Å²) in [5.74, 6) is 0.191. The number of phenolic OH excluding ortho intramolecular Hbond substituents is 1. The van der Waals surface area contributed by atoms with Gasteiger partial charge in [0.1, 0.15) is 5.75 Å². The highest BCUT2D eigenvalue weighted by molar-refractivity contribution is 6.30. The molecule has 0 aliphatic heterocycles. The summed E-state index contributed by atoms with van der Waals surface area (Å²) in [5.41, 5.74) is 5.98. The molecule has 1 aromatic rings. The second-order valence-electron chi connectivity index (χ2n) is 4.72. The van der Waals surface area contributed by atoms with Gasteiger partial charge in [0.15, 0.2) is 0 Å². The number of carbonyl (C=O) groups excluding carboxylic acids is 1. The first-order valence-electron chi connectivity index (χ1n) is 6.00. The van der Waals surface area contributed by atoms with E-state index in [0.29, 0.717) is 17.5 Å². The Balaban J connectivity index is 2.19. The molecule has 2 rings (SSSR count). The van der Waals surface area contributed by atoms with E-state index in [1.54, 1.807) is 18.0 Å². The van der Waals surface area contributed by atoms with Gasteiger partial charge in [-0.3, -0.25) is 4.79 Å². The van der Waals surface area contributed by atoms with Crippen molar-refractivity contribution >= 4 is 17.5 Å². The molecule has 0 aromatic heterocycles. The lowest BCUT2D eigenvalue weighted by molar-refractivity contribution is 0.0715. The molecule has 98 valence electrons. The largest absolute Gasteiger partial charge is 0.507 e. The number of halogens is 1. The van der Waals surface area contributed by atoms with Crippen LogP contribution in [-0.4, -0.2) is 35.5 Å². The van der Waals surface area contributed by atoms with Gasteiger partial charge in [0.05, 0.1) is 5.56 Å². The van der Waals surface area contributed by atoms with Gasteiger partial charge in [0.25, 0.3) is 5.91 Å². The van der Waals surface area contributed by atoms with Crippen LogP contribution in [0.2, 0.25) is 5.02 Å². The van der Waals surface area contributed by atoms with Gasteiger partial charge in [0.2, 0.25) is 0 Å². The SMILES string of the molecule is CN(C(=O)c1ccc(Cl)cc1O)C(CN)C1CC1. The van der Waals surface area contributed by atoms with Gasteiger partial charge >= 0.3 is 0 Å². The quantitative estimate of drug-likeness (QED) is 0.876. The third kappa shape index (κ3) is 2.60. The molecule has 1 aliphatic carbocycles. The van der Waals surface area contributed by atoms with Crippen molar-refractivity contribution in [2.45, 2.75) is 18.9 Å². The smallest absolute Gasteiger partial charge is 0.257 e. The third-order valence-corrected chi connectivity index (χ3v) is 3.65. The van der Waals surface area contributed by atoms with Crippen molar-refractivity contribution < 1.29 is 9.90 Å². The van der Waals surface area contributed by atoms with Crippen LogP contribution in [0.25, 0.3) is 0 Å². The fourth-order valence-corrected chi connectivity index (χ4v) is 2.34. The molecule has 0 spiro atoms. The number of hydrogen-bond donors (Lipinski definition) is 2. The van der Waals surface area contributed by atoms with Crippen LogP contribution in [0.1, 0.15) is 23.2 Å². The standard InChI is InChI=1S/C13H17ClN2O2/c1-16(11(7-15)8-2-3-8)13(18)10-5-4-9(14)6-12(10)17/h4-6,8,11,17H,2-3,7,15H2,1H3. The number of phenols is 1. The highest BCUT2D eigenvalue weighted by atomic mass is 35.5. The van der Waals surface area contributed by atoms with Crippen LogP contribution in [0.4, 0.5) is 0 Å². The van der Waals surface area contributed by atoms with Gasteiger partial charge in [-0.15, -0.1) is 0 Å². The van der Waals surface area contributed by atoms with Crippen LogP contribution >= 0.6 is 11.6 Å². The molecule has 4 nitrogen and oxygen atoms in total. The fraction of sp³-hybridized carbons (Fsp3) is 0.462. The van der Waals surface area contributed by atoms with E-state index in [1.165, 1.54) is 12.1 Å². The average Bonchev–Trinajstić information content (AvgIpc) is 3.13. The number of benzene rings is 1. The van der Waals surface area contributed by atoms with E-state index < -0.39 is 0 Å². The number of amides is 1. The summed E-state index contributed by atoms with van der Waals surface area (Å²) in [6.45, 7) is 0.446. The van der Waals surface area contributed by atoms with E-state index in [-0.39, 0.29) is 23.3 Å². The zero-order valence-corrected chi connectivity index (χ0v) is 11.0. The summed E-state index contributed by atoms with van der Waals surface area (Å²) in [4.78, 5) is 13.9. The van der Waals surface area contributed by atoms with E-state index in [9.17, 15) is 9.90 Å². The highest BCUT2D eigenvalue weighted by Gasteiger charge is 2.35. The van der Waals surface area contributed by atoms with Crippen LogP contribution in [0.5, 0.6) is 5.75 Å². The van der Waals surface area contributed by atoms with E-state index >= 15 is 0 Å². The Kier molecular flexibility index (Phi) is 3.78. The molecule has 0 radical (unpaired) electrons. The molecule has 0 heterocycles. The Morgan fingerprint density at radius 1 is 1.61 bits per heavy atom. The van der Waals surface area contributed by atoms with E-state index in [0.717, 1.165) is 12.8 Å². The summed E-state index contributed by atoms with van der Waals surface area (Å²) in [6, 6.07) is 4.55. The Labute approximate surface area is 111 Å². The highest BCUT2D eigenvalue weighted by Crippen LogP contribution is 2.35. The second-order valence-corrected chi connectivity index (χ2v) is 5.15. The number of rotatable bonds is 4. The van der Waals surface area contributed by atoms with Gasteiger partial charge in [-0.1, -0.05) is 11.6 Å². The molecule has 1 aromatic carbocycles. The van der Waals surface area contributed by atoms with Gasteiger partial charge < -0.3 is 15.7 Å². The Bertz CT molecular complexity index is 460. The molecule has 0 saturated heterocycles. The van der Waals surface area contributed by atoms with Gasteiger partial charge in [-0.2, -0.15) is 0 Å². The number of aromatic hydroxyl groups is 1. The molecule has 18 heavy (non-hydrogen) atoms. The minimum Gasteiger partial charge on any atom is -0.507 e. The van der Waals surface area contributed by atoms with Gasteiger partial charge in [-0.05, 0) is 37.0 Å². The van der Waals surface area contributed by atoms with Crippen molar-refractivity contribution in [3.63, 3.8) is 0 Å². The first-order valence-corrected chi connectivity index (χ1v) is 6.38.